The molecule has 0 bridgehead atoms. The first-order valence-corrected chi connectivity index (χ1v) is 19.5. The Morgan fingerprint density at radius 2 is 0.850 bits per heavy atom. The Labute approximate surface area is 345 Å². The smallest absolute Gasteiger partial charge is 0.335 e. The van der Waals surface area contributed by atoms with Crippen LogP contribution in [0.4, 0.5) is 0 Å². The standard InChI is InChI=1S/C36H60O24/c1-10-15(38)17(40)25(32(46)51-10)59-34-20(43)23(16(39)11(2)52-34)57-35-30(50-9)27(48-7)22(13(4)54-35)56-33-19(42)18(41)24(28(60-33)31(44)45)58-36-29(49-8)26(47-6)21(12(3)53-36)55-14(5)37/h10-13,15-30,32-36,38-43,46H,1-9H3,(H,44,45)/t10-,11-,12-,13-,15+,16-,17+,18+,19+,20+,21+,22+,23+,24-,25+,26+,27+,28-,29-,30-,32?,33+,34-,35-,36-/m0/s1. The molecule has 348 valence electrons. The van der Waals surface area contributed by atoms with E-state index in [0.717, 1.165) is 0 Å². The summed E-state index contributed by atoms with van der Waals surface area (Å²) in [7, 11) is 5.19. The molecule has 25 atom stereocenters. The average molecular weight is 877 g/mol. The van der Waals surface area contributed by atoms with E-state index in [2.05, 4.69) is 0 Å². The zero-order valence-electron chi connectivity index (χ0n) is 34.5. The summed E-state index contributed by atoms with van der Waals surface area (Å²) in [5.74, 6) is -2.22. The van der Waals surface area contributed by atoms with Gasteiger partial charge < -0.3 is 107 Å². The van der Waals surface area contributed by atoms with E-state index in [0.29, 0.717) is 0 Å². The van der Waals surface area contributed by atoms with Gasteiger partial charge in [0.2, 0.25) is 0 Å². The second-order valence-electron chi connectivity index (χ2n) is 15.3. The van der Waals surface area contributed by atoms with Crippen LogP contribution >= 0.6 is 0 Å². The normalized spacial score (nSPS) is 50.2. The van der Waals surface area contributed by atoms with E-state index < -0.39 is 165 Å². The van der Waals surface area contributed by atoms with Crippen LogP contribution in [0, 0.1) is 0 Å². The third-order valence-electron chi connectivity index (χ3n) is 11.4. The molecule has 0 amide bonds. The lowest BCUT2D eigenvalue weighted by atomic mass is 9.95. The van der Waals surface area contributed by atoms with Crippen molar-refractivity contribution in [3.63, 3.8) is 0 Å². The average Bonchev–Trinajstić information content (AvgIpc) is 3.19. The summed E-state index contributed by atoms with van der Waals surface area (Å²) in [6.45, 7) is 7.15. The molecule has 5 heterocycles. The number of carbonyl (C=O) groups is 2. The van der Waals surface area contributed by atoms with Crippen LogP contribution in [0.3, 0.4) is 0 Å². The highest BCUT2D eigenvalue weighted by molar-refractivity contribution is 5.73. The molecule has 0 spiro atoms. The number of carbonyl (C=O) groups excluding carboxylic acids is 1. The number of aliphatic hydroxyl groups excluding tert-OH is 7. The van der Waals surface area contributed by atoms with Gasteiger partial charge in [-0.25, -0.2) is 4.79 Å². The van der Waals surface area contributed by atoms with E-state index in [1.807, 2.05) is 0 Å². The number of carboxylic acid groups (broad SMARTS) is 1. The quantitative estimate of drug-likeness (QED) is 0.0762. The van der Waals surface area contributed by atoms with Crippen LogP contribution in [-0.4, -0.2) is 235 Å². The van der Waals surface area contributed by atoms with Crippen molar-refractivity contribution in [1.29, 1.82) is 0 Å². The van der Waals surface area contributed by atoms with Crippen LogP contribution in [0.15, 0.2) is 0 Å². The summed E-state index contributed by atoms with van der Waals surface area (Å²) in [6.07, 6.45) is -35.5. The Morgan fingerprint density at radius 3 is 1.38 bits per heavy atom. The number of aliphatic carboxylic acids is 1. The Morgan fingerprint density at radius 1 is 0.417 bits per heavy atom. The van der Waals surface area contributed by atoms with Gasteiger partial charge in [0, 0.05) is 35.4 Å². The monoisotopic (exact) mass is 876 g/mol. The first kappa shape index (κ1) is 49.2. The number of hydrogen-bond acceptors (Lipinski definition) is 23. The van der Waals surface area contributed by atoms with Crippen LogP contribution in [0.5, 0.6) is 0 Å². The maximum absolute atomic E-state index is 12.6. The predicted molar refractivity (Wildman–Crippen MR) is 190 cm³/mol. The van der Waals surface area contributed by atoms with Gasteiger partial charge in [0.25, 0.3) is 0 Å². The molecule has 5 aliphatic heterocycles. The fraction of sp³-hybridized carbons (Fsp3) is 0.944. The molecule has 60 heavy (non-hydrogen) atoms. The Hall–Kier alpha value is -1.86. The van der Waals surface area contributed by atoms with Gasteiger partial charge in [0.15, 0.2) is 43.7 Å². The third kappa shape index (κ3) is 10.1. The van der Waals surface area contributed by atoms with Crippen molar-refractivity contribution in [1.82, 2.24) is 0 Å². The maximum Gasteiger partial charge on any atom is 0.335 e. The van der Waals surface area contributed by atoms with Crippen molar-refractivity contribution in [2.24, 2.45) is 0 Å². The molecule has 5 fully saturated rings. The molecule has 24 heteroatoms. The lowest BCUT2D eigenvalue weighted by Crippen LogP contribution is -2.68. The van der Waals surface area contributed by atoms with Crippen LogP contribution in [-0.2, 0) is 75.9 Å². The van der Waals surface area contributed by atoms with Crippen molar-refractivity contribution >= 4 is 11.9 Å². The fourth-order valence-electron chi connectivity index (χ4n) is 8.10. The van der Waals surface area contributed by atoms with Gasteiger partial charge in [-0.2, -0.15) is 0 Å². The van der Waals surface area contributed by atoms with Crippen molar-refractivity contribution in [3.8, 4) is 0 Å². The highest BCUT2D eigenvalue weighted by atomic mass is 16.8. The second-order valence-corrected chi connectivity index (χ2v) is 15.3. The SMILES string of the molecule is CO[C@H]1[C@H](OC)[C@H](O[C@H]2[C@H](O)[C@@H](O)[C@H](O[C@H]3[C@@H](OC)[C@H](OC)[C@H](O[C@@H]4[C@@H](O)[C@H](C)O[C@@H](O[C@H]5C(O)O[C@@H](C)[C@@H](O)[C@H]5O)[C@@H]4O)O[C@H]3C)O[C@@H]2C(=O)O)O[C@@H](C)[C@H]1OC(C)=O. The van der Waals surface area contributed by atoms with Crippen LogP contribution in [0.1, 0.15) is 34.6 Å². The highest BCUT2D eigenvalue weighted by Crippen LogP contribution is 2.37. The van der Waals surface area contributed by atoms with E-state index in [-0.39, 0.29) is 0 Å². The molecule has 0 saturated carbocycles. The molecule has 0 aromatic heterocycles. The summed E-state index contributed by atoms with van der Waals surface area (Å²) < 4.78 is 80.2. The number of methoxy groups -OCH3 is 4. The first-order chi connectivity index (χ1) is 28.3. The molecule has 0 aromatic rings. The summed E-state index contributed by atoms with van der Waals surface area (Å²) in [5, 5.41) is 86.5. The number of ether oxygens (including phenoxy) is 14. The number of aliphatic hydroxyl groups is 7. The minimum Gasteiger partial charge on any atom is -0.479 e. The molecule has 5 rings (SSSR count). The predicted octanol–water partition coefficient (Wildman–Crippen LogP) is -4.53. The van der Waals surface area contributed by atoms with Gasteiger partial charge in [-0.15, -0.1) is 0 Å². The lowest BCUT2D eigenvalue weighted by molar-refractivity contribution is -0.391. The molecule has 1 unspecified atom stereocenters. The molecule has 24 nitrogen and oxygen atoms in total. The van der Waals surface area contributed by atoms with E-state index >= 15 is 0 Å². The van der Waals surface area contributed by atoms with Crippen molar-refractivity contribution in [3.05, 3.63) is 0 Å². The van der Waals surface area contributed by atoms with E-state index in [1.165, 1.54) is 56.1 Å². The lowest BCUT2D eigenvalue weighted by Gasteiger charge is -2.50. The Balaban J connectivity index is 1.29. The van der Waals surface area contributed by atoms with E-state index in [4.69, 9.17) is 66.3 Å². The number of rotatable bonds is 14. The van der Waals surface area contributed by atoms with Crippen LogP contribution in [0.2, 0.25) is 0 Å². The molecule has 0 aliphatic carbocycles. The molecule has 0 aromatic carbocycles. The van der Waals surface area contributed by atoms with Crippen molar-refractivity contribution < 1.29 is 117 Å². The summed E-state index contributed by atoms with van der Waals surface area (Å²) in [5.41, 5.74) is 0. The largest absolute Gasteiger partial charge is 0.479 e. The first-order valence-electron chi connectivity index (χ1n) is 19.5. The fourth-order valence-corrected chi connectivity index (χ4v) is 8.10. The molecule has 8 N–H and O–H groups in total. The van der Waals surface area contributed by atoms with Crippen LogP contribution < -0.4 is 0 Å². The zero-order chi connectivity index (χ0) is 44.5. The van der Waals surface area contributed by atoms with E-state index in [1.54, 1.807) is 6.92 Å². The molecule has 5 saturated heterocycles. The van der Waals surface area contributed by atoms with Gasteiger partial charge in [-0.1, -0.05) is 0 Å². The topological polar surface area (TPSA) is 325 Å². The van der Waals surface area contributed by atoms with Gasteiger partial charge >= 0.3 is 11.9 Å². The highest BCUT2D eigenvalue weighted by Gasteiger charge is 2.57. The molecule has 0 radical (unpaired) electrons. The number of carboxylic acids is 1. The van der Waals surface area contributed by atoms with Crippen molar-refractivity contribution in [2.45, 2.75) is 188 Å². The van der Waals surface area contributed by atoms with Crippen LogP contribution in [0.25, 0.3) is 0 Å². The Kier molecular flexibility index (Phi) is 17.0. The Bertz CT molecular complexity index is 1400. The summed E-state index contributed by atoms with van der Waals surface area (Å²) in [4.78, 5) is 24.4. The van der Waals surface area contributed by atoms with Gasteiger partial charge in [0.05, 0.1) is 24.4 Å². The summed E-state index contributed by atoms with van der Waals surface area (Å²) in [6, 6.07) is 0. The minimum atomic E-state index is -1.97. The number of hydrogen-bond donors (Lipinski definition) is 8. The van der Waals surface area contributed by atoms with Gasteiger partial charge in [-0.3, -0.25) is 4.79 Å². The molecule has 5 aliphatic rings. The third-order valence-corrected chi connectivity index (χ3v) is 11.4. The summed E-state index contributed by atoms with van der Waals surface area (Å²) >= 11 is 0. The zero-order valence-corrected chi connectivity index (χ0v) is 34.5. The second kappa shape index (κ2) is 20.8. The van der Waals surface area contributed by atoms with E-state index in [9.17, 15) is 50.4 Å². The van der Waals surface area contributed by atoms with Gasteiger partial charge in [0.1, 0.15) is 85.5 Å². The maximum atomic E-state index is 12.6. The molecular weight excluding hydrogens is 816 g/mol. The molecular formula is C36H60O24. The van der Waals surface area contributed by atoms with Crippen molar-refractivity contribution in [2.75, 3.05) is 28.4 Å². The number of esters is 1. The minimum absolute atomic E-state index is 0.616. The van der Waals surface area contributed by atoms with Gasteiger partial charge in [-0.05, 0) is 27.7 Å².